The Morgan fingerprint density at radius 2 is 2.38 bits per heavy atom. The van der Waals surface area contributed by atoms with Gasteiger partial charge in [-0.15, -0.1) is 10.2 Å². The third kappa shape index (κ3) is 3.34. The molecule has 0 aliphatic rings. The van der Waals surface area contributed by atoms with Crippen LogP contribution in [0.5, 0.6) is 0 Å². The Hall–Kier alpha value is -1.65. The largest absolute Gasteiger partial charge is 0.336 e. The van der Waals surface area contributed by atoms with Gasteiger partial charge in [0.2, 0.25) is 11.1 Å². The lowest BCUT2D eigenvalue weighted by Crippen LogP contribution is -2.15. The minimum absolute atomic E-state index is 0.166. The predicted molar refractivity (Wildman–Crippen MR) is 86.8 cm³/mol. The van der Waals surface area contributed by atoms with E-state index in [9.17, 15) is 4.79 Å². The van der Waals surface area contributed by atoms with Crippen LogP contribution in [0.3, 0.4) is 0 Å². The number of carbonyl (C=O) groups excluding carboxylic acids is 1. The van der Waals surface area contributed by atoms with E-state index in [4.69, 9.17) is 5.84 Å². The molecule has 3 aromatic rings. The number of nitrogens with zero attached hydrogens (tertiary/aromatic N) is 4. The SMILES string of the molecule is Nn1cnnc1SCC(=O)Nc1nc2ccc(Br)cc2s1. The zero-order valence-corrected chi connectivity index (χ0v) is 13.7. The van der Waals surface area contributed by atoms with E-state index in [1.54, 1.807) is 0 Å². The first-order valence-corrected chi connectivity index (χ1v) is 8.35. The maximum atomic E-state index is 11.9. The average molecular weight is 385 g/mol. The second kappa shape index (κ2) is 6.00. The fourth-order valence-corrected chi connectivity index (χ4v) is 3.64. The lowest BCUT2D eigenvalue weighted by molar-refractivity contribution is -0.113. The van der Waals surface area contributed by atoms with Crippen LogP contribution in [0.25, 0.3) is 10.2 Å². The number of halogens is 1. The number of thiazole rings is 1. The topological polar surface area (TPSA) is 98.7 Å². The number of nitrogen functional groups attached to an aromatic ring is 1. The molecule has 1 aromatic carbocycles. The van der Waals surface area contributed by atoms with E-state index < -0.39 is 0 Å². The quantitative estimate of drug-likeness (QED) is 0.527. The van der Waals surface area contributed by atoms with Crippen molar-refractivity contribution in [2.24, 2.45) is 0 Å². The average Bonchev–Trinajstić information content (AvgIpc) is 3.01. The highest BCUT2D eigenvalue weighted by molar-refractivity contribution is 9.10. The van der Waals surface area contributed by atoms with Gasteiger partial charge in [-0.3, -0.25) is 4.79 Å². The van der Waals surface area contributed by atoms with Crippen LogP contribution in [-0.2, 0) is 4.79 Å². The predicted octanol–water partition coefficient (Wildman–Crippen LogP) is 2.09. The van der Waals surface area contributed by atoms with Crippen molar-refractivity contribution in [1.82, 2.24) is 19.9 Å². The Bertz CT molecular complexity index is 801. The van der Waals surface area contributed by atoms with E-state index in [1.165, 1.54) is 34.1 Å². The number of rotatable bonds is 4. The first-order valence-electron chi connectivity index (χ1n) is 5.75. The summed E-state index contributed by atoms with van der Waals surface area (Å²) in [7, 11) is 0. The third-order valence-electron chi connectivity index (χ3n) is 2.47. The summed E-state index contributed by atoms with van der Waals surface area (Å²) in [5.74, 6) is 5.59. The summed E-state index contributed by atoms with van der Waals surface area (Å²) in [5, 5.41) is 11.3. The van der Waals surface area contributed by atoms with Gasteiger partial charge < -0.3 is 11.2 Å². The van der Waals surface area contributed by atoms with Crippen molar-refractivity contribution in [3.63, 3.8) is 0 Å². The van der Waals surface area contributed by atoms with Crippen molar-refractivity contribution < 1.29 is 4.79 Å². The number of amides is 1. The third-order valence-corrected chi connectivity index (χ3v) is 4.85. The molecular weight excluding hydrogens is 376 g/mol. The molecular formula is C11H9BrN6OS2. The Morgan fingerprint density at radius 3 is 3.14 bits per heavy atom. The van der Waals surface area contributed by atoms with Gasteiger partial charge in [0.1, 0.15) is 6.33 Å². The van der Waals surface area contributed by atoms with Crippen LogP contribution in [0.1, 0.15) is 0 Å². The molecule has 0 radical (unpaired) electrons. The molecule has 10 heteroatoms. The molecule has 7 nitrogen and oxygen atoms in total. The molecule has 0 saturated carbocycles. The summed E-state index contributed by atoms with van der Waals surface area (Å²) >= 11 is 6.05. The molecule has 21 heavy (non-hydrogen) atoms. The summed E-state index contributed by atoms with van der Waals surface area (Å²) in [5.41, 5.74) is 0.854. The normalized spacial score (nSPS) is 10.9. The molecule has 0 spiro atoms. The number of hydrogen-bond donors (Lipinski definition) is 2. The summed E-state index contributed by atoms with van der Waals surface area (Å²) in [6.45, 7) is 0. The summed E-state index contributed by atoms with van der Waals surface area (Å²) in [6, 6.07) is 5.78. The number of nitrogens with two attached hydrogens (primary N) is 1. The Morgan fingerprint density at radius 1 is 1.52 bits per heavy atom. The van der Waals surface area contributed by atoms with Crippen LogP contribution in [0.4, 0.5) is 5.13 Å². The second-order valence-electron chi connectivity index (χ2n) is 3.99. The lowest BCUT2D eigenvalue weighted by atomic mass is 10.3. The molecule has 0 bridgehead atoms. The van der Waals surface area contributed by atoms with Crippen LogP contribution in [-0.4, -0.2) is 31.5 Å². The molecule has 0 atom stereocenters. The van der Waals surface area contributed by atoms with Crippen LogP contribution < -0.4 is 11.2 Å². The lowest BCUT2D eigenvalue weighted by Gasteiger charge is -2.00. The molecule has 108 valence electrons. The van der Waals surface area contributed by atoms with Crippen molar-refractivity contribution in [2.45, 2.75) is 5.16 Å². The van der Waals surface area contributed by atoms with Gasteiger partial charge in [-0.05, 0) is 18.2 Å². The first-order chi connectivity index (χ1) is 10.1. The molecule has 0 aliphatic heterocycles. The standard InChI is InChI=1S/C11H9BrN6OS2/c12-6-1-2-7-8(3-6)21-10(15-7)16-9(19)4-20-11-17-14-5-18(11)13/h1-3,5H,4,13H2,(H,15,16,19). The van der Waals surface area contributed by atoms with Crippen molar-refractivity contribution in [2.75, 3.05) is 16.9 Å². The highest BCUT2D eigenvalue weighted by atomic mass is 79.9. The second-order valence-corrected chi connectivity index (χ2v) is 6.88. The Balaban J connectivity index is 1.64. The molecule has 3 N–H and O–H groups in total. The molecule has 3 rings (SSSR count). The van der Waals surface area contributed by atoms with Crippen LogP contribution >= 0.6 is 39.0 Å². The molecule has 0 unspecified atom stereocenters. The highest BCUT2D eigenvalue weighted by Crippen LogP contribution is 2.28. The number of aromatic nitrogens is 4. The van der Waals surface area contributed by atoms with Gasteiger partial charge in [-0.1, -0.05) is 39.0 Å². The van der Waals surface area contributed by atoms with Gasteiger partial charge in [0, 0.05) is 4.47 Å². The van der Waals surface area contributed by atoms with Gasteiger partial charge in [0.05, 0.1) is 16.0 Å². The van der Waals surface area contributed by atoms with Gasteiger partial charge >= 0.3 is 0 Å². The number of nitrogens with one attached hydrogen (secondary N) is 1. The maximum Gasteiger partial charge on any atom is 0.236 e. The number of benzene rings is 1. The van der Waals surface area contributed by atoms with Crippen molar-refractivity contribution in [3.8, 4) is 0 Å². The maximum absolute atomic E-state index is 11.9. The highest BCUT2D eigenvalue weighted by Gasteiger charge is 2.10. The van der Waals surface area contributed by atoms with Crippen molar-refractivity contribution >= 4 is 60.3 Å². The van der Waals surface area contributed by atoms with Crippen molar-refractivity contribution in [1.29, 1.82) is 0 Å². The molecule has 1 amide bonds. The summed E-state index contributed by atoms with van der Waals surface area (Å²) in [4.78, 5) is 16.2. The van der Waals surface area contributed by atoms with Crippen LogP contribution in [0.2, 0.25) is 0 Å². The summed E-state index contributed by atoms with van der Waals surface area (Å²) < 4.78 is 3.26. The van der Waals surface area contributed by atoms with E-state index in [-0.39, 0.29) is 11.7 Å². The fraction of sp³-hybridized carbons (Fsp3) is 0.0909. The van der Waals surface area contributed by atoms with Gasteiger partial charge in [0.15, 0.2) is 5.13 Å². The zero-order valence-electron chi connectivity index (χ0n) is 10.5. The van der Waals surface area contributed by atoms with Crippen molar-refractivity contribution in [3.05, 3.63) is 29.0 Å². The fourth-order valence-electron chi connectivity index (χ4n) is 1.57. The van der Waals surface area contributed by atoms with E-state index >= 15 is 0 Å². The van der Waals surface area contributed by atoms with Crippen LogP contribution in [0.15, 0.2) is 34.2 Å². The molecule has 0 fully saturated rings. The number of carbonyl (C=O) groups is 1. The van der Waals surface area contributed by atoms with E-state index in [1.807, 2.05) is 18.2 Å². The Kier molecular flexibility index (Phi) is 4.08. The number of fused-ring (bicyclic) bond motifs is 1. The van der Waals surface area contributed by atoms with Gasteiger partial charge in [-0.2, -0.15) is 0 Å². The molecule has 0 saturated heterocycles. The smallest absolute Gasteiger partial charge is 0.236 e. The van der Waals surface area contributed by atoms with Gasteiger partial charge in [0.25, 0.3) is 0 Å². The minimum Gasteiger partial charge on any atom is -0.336 e. The molecule has 0 aliphatic carbocycles. The van der Waals surface area contributed by atoms with E-state index in [0.29, 0.717) is 10.3 Å². The molecule has 2 heterocycles. The first kappa shape index (κ1) is 14.3. The monoisotopic (exact) mass is 384 g/mol. The molecule has 2 aromatic heterocycles. The van der Waals surface area contributed by atoms with Gasteiger partial charge in [-0.25, -0.2) is 9.66 Å². The number of anilines is 1. The summed E-state index contributed by atoms with van der Waals surface area (Å²) in [6.07, 6.45) is 1.38. The van der Waals surface area contributed by atoms with Crippen LogP contribution in [0, 0.1) is 0 Å². The van der Waals surface area contributed by atoms with E-state index in [0.717, 1.165) is 14.7 Å². The van der Waals surface area contributed by atoms with E-state index in [2.05, 4.69) is 36.4 Å². The number of thioether (sulfide) groups is 1. The minimum atomic E-state index is -0.166. The number of hydrogen-bond acceptors (Lipinski definition) is 7. The zero-order chi connectivity index (χ0) is 14.8. The Labute approximate surface area is 136 Å².